The van der Waals surface area contributed by atoms with Crippen molar-refractivity contribution in [2.45, 2.75) is 11.9 Å². The van der Waals surface area contributed by atoms with Crippen molar-refractivity contribution in [1.82, 2.24) is 0 Å². The fourth-order valence-electron chi connectivity index (χ4n) is 2.57. The summed E-state index contributed by atoms with van der Waals surface area (Å²) in [5, 5.41) is 26.2. The quantitative estimate of drug-likeness (QED) is 0.537. The number of nitrogens with zero attached hydrogens (tertiary/aromatic N) is 3. The normalized spacial score (nSPS) is 15.2. The first kappa shape index (κ1) is 19.6. The van der Waals surface area contributed by atoms with E-state index in [-0.39, 0.29) is 12.1 Å². The topological polar surface area (TPSA) is 108 Å². The van der Waals surface area contributed by atoms with Crippen LogP contribution in [-0.4, -0.2) is 21.3 Å². The van der Waals surface area contributed by atoms with Crippen molar-refractivity contribution in [1.29, 1.82) is 0 Å². The van der Waals surface area contributed by atoms with Crippen LogP contribution >= 0.6 is 11.8 Å². The second kappa shape index (κ2) is 7.46. The van der Waals surface area contributed by atoms with Gasteiger partial charge in [0, 0.05) is 29.2 Å². The summed E-state index contributed by atoms with van der Waals surface area (Å²) in [6.07, 6.45) is -5.00. The van der Waals surface area contributed by atoms with E-state index in [0.29, 0.717) is 22.8 Å². The smallest absolute Gasteiger partial charge is 0.342 e. The molecule has 0 aromatic heterocycles. The lowest BCUT2D eigenvalue weighted by molar-refractivity contribution is -0.396. The van der Waals surface area contributed by atoms with Crippen LogP contribution in [0.2, 0.25) is 0 Å². The Labute approximate surface area is 159 Å². The van der Waals surface area contributed by atoms with Gasteiger partial charge in [0.05, 0.1) is 21.1 Å². The van der Waals surface area contributed by atoms with Crippen molar-refractivity contribution < 1.29 is 27.9 Å². The summed E-state index contributed by atoms with van der Waals surface area (Å²) in [4.78, 5) is 25.0. The van der Waals surface area contributed by atoms with Gasteiger partial charge in [0.15, 0.2) is 0 Å². The fraction of sp³-hybridized carbons (Fsp3) is 0.188. The van der Waals surface area contributed by atoms with Gasteiger partial charge in [0.1, 0.15) is 0 Å². The van der Waals surface area contributed by atoms with Crippen molar-refractivity contribution in [2.75, 3.05) is 5.75 Å². The van der Waals surface area contributed by atoms with E-state index >= 15 is 0 Å². The number of oxime groups is 1. The summed E-state index contributed by atoms with van der Waals surface area (Å²) in [5.74, 6) is 0.123. The van der Waals surface area contributed by atoms with Crippen LogP contribution in [0.5, 0.6) is 5.75 Å². The van der Waals surface area contributed by atoms with E-state index in [9.17, 15) is 33.4 Å². The van der Waals surface area contributed by atoms with Crippen molar-refractivity contribution in [3.8, 4) is 5.75 Å². The Bertz CT molecular complexity index is 959. The first-order valence-corrected chi connectivity index (χ1v) is 8.78. The van der Waals surface area contributed by atoms with Crippen LogP contribution in [0.15, 0.2) is 41.6 Å². The zero-order valence-electron chi connectivity index (χ0n) is 13.8. The molecule has 2 aromatic carbocycles. The molecule has 1 aliphatic heterocycles. The Balaban J connectivity index is 2.09. The Morgan fingerprint density at radius 1 is 1.04 bits per heavy atom. The van der Waals surface area contributed by atoms with E-state index in [1.807, 2.05) is 12.1 Å². The highest BCUT2D eigenvalue weighted by Crippen LogP contribution is 2.43. The number of nitro groups is 2. The van der Waals surface area contributed by atoms with E-state index in [4.69, 9.17) is 4.84 Å². The molecule has 2 aromatic rings. The van der Waals surface area contributed by atoms with Gasteiger partial charge in [0.2, 0.25) is 0 Å². The molecule has 8 nitrogen and oxygen atoms in total. The summed E-state index contributed by atoms with van der Waals surface area (Å²) in [5.41, 5.74) is -1.90. The van der Waals surface area contributed by atoms with Gasteiger partial charge in [-0.1, -0.05) is 29.4 Å². The van der Waals surface area contributed by atoms with Crippen LogP contribution in [0.1, 0.15) is 16.7 Å². The highest BCUT2D eigenvalue weighted by Gasteiger charge is 2.39. The average molecular weight is 413 g/mol. The molecule has 0 fully saturated rings. The van der Waals surface area contributed by atoms with Crippen molar-refractivity contribution in [3.63, 3.8) is 0 Å². The predicted molar refractivity (Wildman–Crippen MR) is 94.5 cm³/mol. The Kier molecular flexibility index (Phi) is 5.23. The molecule has 0 spiro atoms. The molecule has 0 N–H and O–H groups in total. The van der Waals surface area contributed by atoms with Crippen molar-refractivity contribution in [3.05, 3.63) is 73.3 Å². The minimum atomic E-state index is -5.00. The van der Waals surface area contributed by atoms with Gasteiger partial charge in [-0.05, 0) is 5.56 Å². The average Bonchev–Trinajstić information content (AvgIpc) is 2.64. The minimum Gasteiger partial charge on any atom is -0.342 e. The summed E-state index contributed by atoms with van der Waals surface area (Å²) in [7, 11) is 0. The highest BCUT2D eigenvalue weighted by molar-refractivity contribution is 7.99. The van der Waals surface area contributed by atoms with Gasteiger partial charge in [-0.3, -0.25) is 20.2 Å². The highest BCUT2D eigenvalue weighted by atomic mass is 32.2. The van der Waals surface area contributed by atoms with Gasteiger partial charge >= 0.3 is 23.3 Å². The molecule has 0 atom stereocenters. The van der Waals surface area contributed by atoms with E-state index in [2.05, 4.69) is 5.16 Å². The lowest BCUT2D eigenvalue weighted by Crippen LogP contribution is -2.14. The minimum absolute atomic E-state index is 0.187. The third kappa shape index (κ3) is 3.91. The summed E-state index contributed by atoms with van der Waals surface area (Å²) in [6, 6.07) is 7.52. The van der Waals surface area contributed by atoms with E-state index < -0.39 is 38.7 Å². The van der Waals surface area contributed by atoms with Gasteiger partial charge in [-0.25, -0.2) is 0 Å². The first-order chi connectivity index (χ1) is 13.2. The van der Waals surface area contributed by atoms with Crippen LogP contribution in [0.25, 0.3) is 0 Å². The maximum atomic E-state index is 12.9. The summed E-state index contributed by atoms with van der Waals surface area (Å²) in [6.45, 7) is 0. The number of benzene rings is 2. The zero-order valence-corrected chi connectivity index (χ0v) is 14.6. The first-order valence-electron chi connectivity index (χ1n) is 7.62. The molecule has 3 rings (SSSR count). The molecule has 0 saturated carbocycles. The number of hydrogen-bond donors (Lipinski definition) is 0. The van der Waals surface area contributed by atoms with Crippen molar-refractivity contribution >= 4 is 28.8 Å². The van der Waals surface area contributed by atoms with Gasteiger partial charge in [-0.2, -0.15) is 24.9 Å². The molecule has 28 heavy (non-hydrogen) atoms. The fourth-order valence-corrected chi connectivity index (χ4v) is 3.54. The second-order valence-electron chi connectivity index (χ2n) is 5.63. The third-order valence-corrected chi connectivity index (χ3v) is 4.83. The lowest BCUT2D eigenvalue weighted by Gasteiger charge is -2.16. The molecule has 1 heterocycles. The summed E-state index contributed by atoms with van der Waals surface area (Å²) < 4.78 is 38.8. The molecule has 146 valence electrons. The number of alkyl halides is 3. The Morgan fingerprint density at radius 3 is 2.21 bits per heavy atom. The standard InChI is InChI=1S/C16H10F3N3O5S/c17-16(18,19)10-5-13(21(23)24)15(14(6-10)22(25)26)27-20-12-8-28-7-9-3-1-2-4-11(9)12/h1-6H,7-8H2/b20-12+. The molecular formula is C16H10F3N3O5S. The van der Waals surface area contributed by atoms with E-state index in [1.54, 1.807) is 12.1 Å². The number of rotatable bonds is 4. The molecule has 0 bridgehead atoms. The van der Waals surface area contributed by atoms with Crippen LogP contribution < -0.4 is 4.84 Å². The van der Waals surface area contributed by atoms with Crippen LogP contribution in [0, 0.1) is 20.2 Å². The van der Waals surface area contributed by atoms with Crippen LogP contribution in [0.3, 0.4) is 0 Å². The molecule has 0 radical (unpaired) electrons. The number of fused-ring (bicyclic) bond motifs is 1. The number of halogens is 3. The maximum absolute atomic E-state index is 12.9. The van der Waals surface area contributed by atoms with Gasteiger partial charge in [0.25, 0.3) is 0 Å². The molecule has 0 saturated heterocycles. The SMILES string of the molecule is O=[N+]([O-])c1cc(C(F)(F)F)cc([N+](=O)[O-])c1O/N=C1\CSCc2ccccc21. The van der Waals surface area contributed by atoms with Crippen LogP contribution in [0.4, 0.5) is 24.5 Å². The number of hydrogen-bond acceptors (Lipinski definition) is 7. The largest absolute Gasteiger partial charge is 0.416 e. The maximum Gasteiger partial charge on any atom is 0.416 e. The zero-order chi connectivity index (χ0) is 20.5. The third-order valence-electron chi connectivity index (χ3n) is 3.84. The second-order valence-corrected chi connectivity index (χ2v) is 6.62. The molecule has 0 amide bonds. The van der Waals surface area contributed by atoms with E-state index in [0.717, 1.165) is 5.56 Å². The molecule has 0 aliphatic carbocycles. The Hall–Kier alpha value is -3.15. The number of nitro benzene ring substituents is 2. The molecule has 1 aliphatic rings. The van der Waals surface area contributed by atoms with Crippen molar-refractivity contribution in [2.24, 2.45) is 5.16 Å². The van der Waals surface area contributed by atoms with Gasteiger partial charge < -0.3 is 4.84 Å². The molecule has 0 unspecified atom stereocenters. The summed E-state index contributed by atoms with van der Waals surface area (Å²) >= 11 is 1.48. The van der Waals surface area contributed by atoms with Gasteiger partial charge in [-0.15, -0.1) is 0 Å². The van der Waals surface area contributed by atoms with E-state index in [1.165, 1.54) is 11.8 Å². The molecular weight excluding hydrogens is 403 g/mol. The molecule has 12 heteroatoms. The number of thioether (sulfide) groups is 1. The monoisotopic (exact) mass is 413 g/mol. The predicted octanol–water partition coefficient (Wildman–Crippen LogP) is 4.55. The lowest BCUT2D eigenvalue weighted by atomic mass is 10.1. The Morgan fingerprint density at radius 2 is 1.64 bits per heavy atom. The van der Waals surface area contributed by atoms with Crippen LogP contribution in [-0.2, 0) is 11.9 Å².